The Morgan fingerprint density at radius 3 is 2.60 bits per heavy atom. The number of carbonyl (C=O) groups is 1. The van der Waals surface area contributed by atoms with Crippen LogP contribution in [-0.2, 0) is 0 Å². The van der Waals surface area contributed by atoms with Crippen molar-refractivity contribution in [3.8, 4) is 10.6 Å². The third-order valence-corrected chi connectivity index (χ3v) is 5.02. The largest absolute Gasteiger partial charge is 0.298 e. The molecule has 0 radical (unpaired) electrons. The summed E-state index contributed by atoms with van der Waals surface area (Å²) in [4.78, 5) is 22.3. The van der Waals surface area contributed by atoms with Crippen molar-refractivity contribution in [3.05, 3.63) is 78.1 Å². The van der Waals surface area contributed by atoms with Gasteiger partial charge in [-0.3, -0.25) is 15.1 Å². The summed E-state index contributed by atoms with van der Waals surface area (Å²) in [6.07, 6.45) is 1.75. The number of pyridine rings is 1. The molecule has 4 nitrogen and oxygen atoms in total. The van der Waals surface area contributed by atoms with Crippen molar-refractivity contribution in [1.29, 1.82) is 0 Å². The molecule has 0 aliphatic heterocycles. The van der Waals surface area contributed by atoms with Gasteiger partial charge >= 0.3 is 0 Å². The van der Waals surface area contributed by atoms with Gasteiger partial charge in [0.1, 0.15) is 0 Å². The fourth-order valence-electron chi connectivity index (χ4n) is 2.68. The van der Waals surface area contributed by atoms with Crippen molar-refractivity contribution in [2.45, 2.75) is 6.92 Å². The Balaban J connectivity index is 1.60. The summed E-state index contributed by atoms with van der Waals surface area (Å²) < 4.78 is 0. The van der Waals surface area contributed by atoms with Crippen molar-refractivity contribution < 1.29 is 4.79 Å². The van der Waals surface area contributed by atoms with Gasteiger partial charge in [0.2, 0.25) is 0 Å². The molecule has 4 aromatic rings. The number of nitrogens with zero attached hydrogens (tertiary/aromatic N) is 2. The molecule has 2 aromatic heterocycles. The van der Waals surface area contributed by atoms with E-state index in [0.717, 1.165) is 27.0 Å². The minimum absolute atomic E-state index is 0.160. The normalized spacial score (nSPS) is 10.8. The molecule has 0 bridgehead atoms. The van der Waals surface area contributed by atoms with Gasteiger partial charge in [0.05, 0.1) is 16.3 Å². The molecule has 5 heteroatoms. The number of anilines is 1. The van der Waals surface area contributed by atoms with E-state index in [2.05, 4.69) is 15.3 Å². The maximum absolute atomic E-state index is 12.6. The number of carbonyl (C=O) groups excluding carboxylic acids is 1. The van der Waals surface area contributed by atoms with Gasteiger partial charge in [0, 0.05) is 11.8 Å². The number of hydrogen-bond acceptors (Lipinski definition) is 4. The summed E-state index contributed by atoms with van der Waals surface area (Å²) in [6, 6.07) is 19.4. The van der Waals surface area contributed by atoms with Gasteiger partial charge in [-0.05, 0) is 42.0 Å². The Kier molecular flexibility index (Phi) is 3.99. The second kappa shape index (κ2) is 6.45. The molecule has 0 aliphatic carbocycles. The number of amides is 1. The van der Waals surface area contributed by atoms with Crippen molar-refractivity contribution in [2.75, 3.05) is 5.32 Å². The fraction of sp³-hybridized carbons (Fsp3) is 0.0500. The van der Waals surface area contributed by atoms with Gasteiger partial charge in [-0.1, -0.05) is 47.7 Å². The zero-order valence-electron chi connectivity index (χ0n) is 13.6. The Hall–Kier alpha value is -3.05. The molecule has 0 saturated heterocycles. The molecule has 1 N–H and O–H groups in total. The van der Waals surface area contributed by atoms with Gasteiger partial charge in [0.15, 0.2) is 5.13 Å². The topological polar surface area (TPSA) is 54.9 Å². The van der Waals surface area contributed by atoms with Crippen LogP contribution in [0.1, 0.15) is 16.1 Å². The highest BCUT2D eigenvalue weighted by Crippen LogP contribution is 2.31. The van der Waals surface area contributed by atoms with E-state index in [0.29, 0.717) is 10.7 Å². The zero-order valence-corrected chi connectivity index (χ0v) is 14.4. The third kappa shape index (κ3) is 3.14. The summed E-state index contributed by atoms with van der Waals surface area (Å²) in [5, 5.41) is 5.63. The molecule has 0 atom stereocenters. The Morgan fingerprint density at radius 2 is 1.80 bits per heavy atom. The third-order valence-electron chi connectivity index (χ3n) is 3.93. The van der Waals surface area contributed by atoms with E-state index in [9.17, 15) is 4.79 Å². The summed E-state index contributed by atoms with van der Waals surface area (Å²) in [5.74, 6) is -0.160. The molecule has 0 unspecified atom stereocenters. The summed E-state index contributed by atoms with van der Waals surface area (Å²) in [5.41, 5.74) is 2.34. The predicted octanol–water partition coefficient (Wildman–Crippen LogP) is 4.92. The average Bonchev–Trinajstić information content (AvgIpc) is 3.02. The fourth-order valence-corrected chi connectivity index (χ4v) is 3.62. The van der Waals surface area contributed by atoms with Gasteiger partial charge in [-0.25, -0.2) is 4.98 Å². The van der Waals surface area contributed by atoms with E-state index >= 15 is 0 Å². The molecular weight excluding hydrogens is 330 g/mol. The molecule has 0 fully saturated rings. The zero-order chi connectivity index (χ0) is 17.2. The first kappa shape index (κ1) is 15.5. The van der Waals surface area contributed by atoms with Crippen LogP contribution >= 0.6 is 11.3 Å². The highest BCUT2D eigenvalue weighted by atomic mass is 32.1. The first-order valence-electron chi connectivity index (χ1n) is 7.90. The highest BCUT2D eigenvalue weighted by molar-refractivity contribution is 7.19. The lowest BCUT2D eigenvalue weighted by Gasteiger charge is -2.03. The quantitative estimate of drug-likeness (QED) is 0.573. The van der Waals surface area contributed by atoms with Crippen molar-refractivity contribution in [1.82, 2.24) is 9.97 Å². The number of aryl methyl sites for hydroxylation is 1. The van der Waals surface area contributed by atoms with E-state index in [4.69, 9.17) is 0 Å². The molecule has 25 heavy (non-hydrogen) atoms. The predicted molar refractivity (Wildman–Crippen MR) is 102 cm³/mol. The molecule has 122 valence electrons. The van der Waals surface area contributed by atoms with Crippen LogP contribution in [-0.4, -0.2) is 15.9 Å². The molecule has 0 spiro atoms. The smallest absolute Gasteiger partial charge is 0.257 e. The van der Waals surface area contributed by atoms with Crippen LogP contribution in [0.25, 0.3) is 21.3 Å². The Labute approximate surface area is 149 Å². The van der Waals surface area contributed by atoms with E-state index < -0.39 is 0 Å². The maximum atomic E-state index is 12.6. The number of rotatable bonds is 3. The van der Waals surface area contributed by atoms with E-state index in [1.165, 1.54) is 11.3 Å². The van der Waals surface area contributed by atoms with Crippen LogP contribution in [0, 0.1) is 6.92 Å². The van der Waals surface area contributed by atoms with Crippen LogP contribution in [0.5, 0.6) is 0 Å². The van der Waals surface area contributed by atoms with Crippen molar-refractivity contribution in [3.63, 3.8) is 0 Å². The lowest BCUT2D eigenvalue weighted by atomic mass is 10.1. The van der Waals surface area contributed by atoms with Crippen LogP contribution in [0.15, 0.2) is 66.9 Å². The number of benzene rings is 2. The number of nitrogens with one attached hydrogen (secondary N) is 1. The SMILES string of the molecule is Cc1nc(NC(=O)c2ccc3ccccc3c2)sc1-c1ccccn1. The molecule has 1 amide bonds. The van der Waals surface area contributed by atoms with Crippen LogP contribution in [0.4, 0.5) is 5.13 Å². The number of fused-ring (bicyclic) bond motifs is 1. The van der Waals surface area contributed by atoms with Gasteiger partial charge in [0.25, 0.3) is 5.91 Å². The first-order valence-corrected chi connectivity index (χ1v) is 8.71. The summed E-state index contributed by atoms with van der Waals surface area (Å²) in [6.45, 7) is 1.92. The monoisotopic (exact) mass is 345 g/mol. The second-order valence-corrected chi connectivity index (χ2v) is 6.66. The van der Waals surface area contributed by atoms with Crippen molar-refractivity contribution >= 4 is 33.1 Å². The number of hydrogen-bond donors (Lipinski definition) is 1. The molecule has 2 aromatic carbocycles. The summed E-state index contributed by atoms with van der Waals surface area (Å²) in [7, 11) is 0. The highest BCUT2D eigenvalue weighted by Gasteiger charge is 2.14. The number of thiazole rings is 1. The van der Waals surface area contributed by atoms with Gasteiger partial charge < -0.3 is 0 Å². The van der Waals surface area contributed by atoms with Gasteiger partial charge in [-0.2, -0.15) is 0 Å². The Morgan fingerprint density at radius 1 is 1.00 bits per heavy atom. The Bertz CT molecular complexity index is 1060. The molecule has 4 rings (SSSR count). The average molecular weight is 345 g/mol. The molecular formula is C20H15N3OS. The summed E-state index contributed by atoms with van der Waals surface area (Å²) >= 11 is 1.43. The van der Waals surface area contributed by atoms with E-state index in [1.54, 1.807) is 6.20 Å². The minimum Gasteiger partial charge on any atom is -0.298 e. The first-order chi connectivity index (χ1) is 12.2. The van der Waals surface area contributed by atoms with Crippen LogP contribution in [0.2, 0.25) is 0 Å². The maximum Gasteiger partial charge on any atom is 0.257 e. The minimum atomic E-state index is -0.160. The van der Waals surface area contributed by atoms with E-state index in [1.807, 2.05) is 67.6 Å². The number of aromatic nitrogens is 2. The lowest BCUT2D eigenvalue weighted by Crippen LogP contribution is -2.11. The van der Waals surface area contributed by atoms with Crippen LogP contribution < -0.4 is 5.32 Å². The molecule has 0 aliphatic rings. The van der Waals surface area contributed by atoms with Crippen molar-refractivity contribution in [2.24, 2.45) is 0 Å². The molecule has 0 saturated carbocycles. The van der Waals surface area contributed by atoms with Gasteiger partial charge in [-0.15, -0.1) is 0 Å². The molecule has 2 heterocycles. The standard InChI is InChI=1S/C20H15N3OS/c1-13-18(17-8-4-5-11-21-17)25-20(22-13)23-19(24)16-10-9-14-6-2-3-7-15(14)12-16/h2-12H,1H3,(H,22,23,24). The van der Waals surface area contributed by atoms with Crippen LogP contribution in [0.3, 0.4) is 0 Å². The van der Waals surface area contributed by atoms with E-state index in [-0.39, 0.29) is 5.91 Å². The lowest BCUT2D eigenvalue weighted by molar-refractivity contribution is 0.102. The second-order valence-electron chi connectivity index (χ2n) is 5.66.